The van der Waals surface area contributed by atoms with Crippen LogP contribution in [-0.4, -0.2) is 27.3 Å². The van der Waals surface area contributed by atoms with E-state index in [-0.39, 0.29) is 11.9 Å². The molecule has 0 aromatic heterocycles. The van der Waals surface area contributed by atoms with Crippen molar-refractivity contribution in [1.29, 1.82) is 0 Å². The first-order valence-electron chi connectivity index (χ1n) is 7.61. The molecule has 4 nitrogen and oxygen atoms in total. The van der Waals surface area contributed by atoms with Crippen molar-refractivity contribution in [1.82, 2.24) is 5.32 Å². The van der Waals surface area contributed by atoms with Gasteiger partial charge in [-0.05, 0) is 17.7 Å². The van der Waals surface area contributed by atoms with Gasteiger partial charge in [0.1, 0.15) is 7.85 Å². The lowest BCUT2D eigenvalue weighted by Crippen LogP contribution is -2.24. The van der Waals surface area contributed by atoms with Gasteiger partial charge < -0.3 is 15.5 Å². The third-order valence-corrected chi connectivity index (χ3v) is 4.50. The molecule has 0 saturated carbocycles. The summed E-state index contributed by atoms with van der Waals surface area (Å²) in [5.41, 5.74) is 5.59. The number of fused-ring (bicyclic) bond motifs is 1. The summed E-state index contributed by atoms with van der Waals surface area (Å²) in [6.07, 6.45) is 0. The molecule has 2 N–H and O–H groups in total. The number of likely N-dealkylation sites (N-methyl/N-ethyl adjacent to an activating group) is 1. The van der Waals surface area contributed by atoms with Gasteiger partial charge in [-0.3, -0.25) is 4.79 Å². The Hall–Kier alpha value is -2.69. The Kier molecular flexibility index (Phi) is 3.15. The summed E-state index contributed by atoms with van der Waals surface area (Å²) in [5, 5.41) is 6.47. The lowest BCUT2D eigenvalue weighted by Gasteiger charge is -2.21. The van der Waals surface area contributed by atoms with Crippen LogP contribution in [-0.2, 0) is 4.79 Å². The second-order valence-electron chi connectivity index (χ2n) is 5.86. The molecule has 2 radical (unpaired) electrons. The Labute approximate surface area is 136 Å². The van der Waals surface area contributed by atoms with Gasteiger partial charge in [0, 0.05) is 12.7 Å². The lowest BCUT2D eigenvalue weighted by atomic mass is 9.91. The highest BCUT2D eigenvalue weighted by Gasteiger charge is 2.35. The highest BCUT2D eigenvalue weighted by Crippen LogP contribution is 2.40. The summed E-state index contributed by atoms with van der Waals surface area (Å²) in [6.45, 7) is 0.548. The molecule has 112 valence electrons. The summed E-state index contributed by atoms with van der Waals surface area (Å²) in [5.74, 6) is -0.0195. The van der Waals surface area contributed by atoms with Crippen molar-refractivity contribution in [2.24, 2.45) is 0 Å². The number of para-hydroxylation sites is 2. The zero-order valence-electron chi connectivity index (χ0n) is 12.8. The zero-order chi connectivity index (χ0) is 16.0. The summed E-state index contributed by atoms with van der Waals surface area (Å²) < 4.78 is 0. The van der Waals surface area contributed by atoms with Gasteiger partial charge in [-0.15, -0.1) is 0 Å². The molecule has 5 heteroatoms. The number of carbonyl (C=O) groups is 1. The second-order valence-corrected chi connectivity index (χ2v) is 5.86. The average molecular weight is 301 g/mol. The van der Waals surface area contributed by atoms with Crippen LogP contribution >= 0.6 is 0 Å². The van der Waals surface area contributed by atoms with E-state index in [1.807, 2.05) is 49.5 Å². The Morgan fingerprint density at radius 1 is 1.13 bits per heavy atom. The van der Waals surface area contributed by atoms with E-state index in [9.17, 15) is 4.79 Å². The minimum atomic E-state index is -0.195. The monoisotopic (exact) mass is 301 g/mol. The molecule has 0 saturated heterocycles. The van der Waals surface area contributed by atoms with E-state index < -0.39 is 0 Å². The molecule has 0 aliphatic carbocycles. The van der Waals surface area contributed by atoms with Gasteiger partial charge >= 0.3 is 0 Å². The molecule has 2 aromatic rings. The van der Waals surface area contributed by atoms with Gasteiger partial charge in [0.05, 0.1) is 29.5 Å². The van der Waals surface area contributed by atoms with Crippen molar-refractivity contribution in [3.63, 3.8) is 0 Å². The fourth-order valence-electron chi connectivity index (χ4n) is 3.28. The largest absolute Gasteiger partial charge is 0.372 e. The van der Waals surface area contributed by atoms with Crippen molar-refractivity contribution in [3.05, 3.63) is 65.4 Å². The molecular weight excluding hydrogens is 285 g/mol. The third-order valence-electron chi connectivity index (χ3n) is 4.50. The number of nitrogens with zero attached hydrogens (tertiary/aromatic N) is 1. The standard InChI is InChI=1S/C18H16BN3O/c1-22-14-5-3-2-4-13(14)21-17(11-6-8-12(19)9-7-11)16-15(22)10-20-18(16)23/h2-9,17,21H,10H2,1H3,(H,20,23). The smallest absolute Gasteiger partial charge is 0.251 e. The van der Waals surface area contributed by atoms with Crippen molar-refractivity contribution in [3.8, 4) is 0 Å². The summed E-state index contributed by atoms with van der Waals surface area (Å²) in [7, 11) is 7.80. The van der Waals surface area contributed by atoms with Crippen molar-refractivity contribution >= 4 is 30.6 Å². The van der Waals surface area contributed by atoms with Crippen molar-refractivity contribution < 1.29 is 4.79 Å². The molecule has 1 unspecified atom stereocenters. The SMILES string of the molecule is [B]c1ccc(C2Nc3ccccc3N(C)C3=C2C(=O)NC3)cc1. The topological polar surface area (TPSA) is 44.4 Å². The van der Waals surface area contributed by atoms with E-state index in [1.165, 1.54) is 0 Å². The molecule has 1 amide bonds. The van der Waals surface area contributed by atoms with Crippen LogP contribution in [0.2, 0.25) is 0 Å². The van der Waals surface area contributed by atoms with E-state index in [0.717, 1.165) is 28.2 Å². The zero-order valence-corrected chi connectivity index (χ0v) is 12.8. The summed E-state index contributed by atoms with van der Waals surface area (Å²) in [4.78, 5) is 14.5. The van der Waals surface area contributed by atoms with Gasteiger partial charge in [-0.2, -0.15) is 0 Å². The molecule has 0 fully saturated rings. The number of anilines is 2. The number of amides is 1. The van der Waals surface area contributed by atoms with Crippen LogP contribution in [0.4, 0.5) is 11.4 Å². The summed E-state index contributed by atoms with van der Waals surface area (Å²) >= 11 is 0. The third kappa shape index (κ3) is 2.20. The number of benzene rings is 2. The van der Waals surface area contributed by atoms with Gasteiger partial charge in [-0.1, -0.05) is 41.9 Å². The maximum absolute atomic E-state index is 12.4. The minimum absolute atomic E-state index is 0.0195. The van der Waals surface area contributed by atoms with E-state index in [1.54, 1.807) is 0 Å². The van der Waals surface area contributed by atoms with Gasteiger partial charge in [0.2, 0.25) is 0 Å². The highest BCUT2D eigenvalue weighted by atomic mass is 16.2. The van der Waals surface area contributed by atoms with E-state index >= 15 is 0 Å². The van der Waals surface area contributed by atoms with E-state index in [0.29, 0.717) is 12.0 Å². The normalized spacial score (nSPS) is 19.6. The first-order valence-corrected chi connectivity index (χ1v) is 7.61. The summed E-state index contributed by atoms with van der Waals surface area (Å²) in [6, 6.07) is 15.6. The highest BCUT2D eigenvalue weighted by molar-refractivity contribution is 6.32. The Balaban J connectivity index is 1.90. The molecule has 4 rings (SSSR count). The van der Waals surface area contributed by atoms with Crippen LogP contribution < -0.4 is 21.0 Å². The molecule has 23 heavy (non-hydrogen) atoms. The number of carbonyl (C=O) groups excluding carboxylic acids is 1. The van der Waals surface area contributed by atoms with Crippen LogP contribution in [0.1, 0.15) is 11.6 Å². The fourth-order valence-corrected chi connectivity index (χ4v) is 3.28. The first kappa shape index (κ1) is 13.9. The predicted molar refractivity (Wildman–Crippen MR) is 93.1 cm³/mol. The van der Waals surface area contributed by atoms with Gasteiger partial charge in [-0.25, -0.2) is 0 Å². The lowest BCUT2D eigenvalue weighted by molar-refractivity contribution is -0.116. The van der Waals surface area contributed by atoms with Crippen LogP contribution in [0.5, 0.6) is 0 Å². The first-order chi connectivity index (χ1) is 11.1. The minimum Gasteiger partial charge on any atom is -0.372 e. The number of nitrogens with one attached hydrogen (secondary N) is 2. The Morgan fingerprint density at radius 2 is 1.87 bits per heavy atom. The Bertz CT molecular complexity index is 813. The molecule has 2 aliphatic heterocycles. The maximum atomic E-state index is 12.4. The maximum Gasteiger partial charge on any atom is 0.251 e. The van der Waals surface area contributed by atoms with Gasteiger partial charge in [0.15, 0.2) is 0 Å². The van der Waals surface area contributed by atoms with Crippen LogP contribution in [0, 0.1) is 0 Å². The molecular formula is C18H16BN3O. The Morgan fingerprint density at radius 3 is 2.65 bits per heavy atom. The second kappa shape index (κ2) is 5.20. The number of hydrogen-bond donors (Lipinski definition) is 2. The quantitative estimate of drug-likeness (QED) is 0.784. The number of hydrogen-bond acceptors (Lipinski definition) is 3. The molecule has 2 heterocycles. The van der Waals surface area contributed by atoms with E-state index in [4.69, 9.17) is 7.85 Å². The average Bonchev–Trinajstić information content (AvgIpc) is 2.89. The fraction of sp³-hybridized carbons (Fsp3) is 0.167. The molecule has 0 bridgehead atoms. The van der Waals surface area contributed by atoms with Crippen LogP contribution in [0.25, 0.3) is 0 Å². The molecule has 0 spiro atoms. The van der Waals surface area contributed by atoms with Crippen LogP contribution in [0.3, 0.4) is 0 Å². The van der Waals surface area contributed by atoms with E-state index in [2.05, 4.69) is 21.6 Å². The van der Waals surface area contributed by atoms with Crippen molar-refractivity contribution in [2.45, 2.75) is 6.04 Å². The molecule has 2 aliphatic rings. The number of rotatable bonds is 1. The van der Waals surface area contributed by atoms with Crippen molar-refractivity contribution in [2.75, 3.05) is 23.8 Å². The van der Waals surface area contributed by atoms with Gasteiger partial charge in [0.25, 0.3) is 5.91 Å². The predicted octanol–water partition coefficient (Wildman–Crippen LogP) is 1.47. The van der Waals surface area contributed by atoms with Crippen LogP contribution in [0.15, 0.2) is 59.8 Å². The molecule has 1 atom stereocenters. The molecule has 2 aromatic carbocycles.